The first-order valence-corrected chi connectivity index (χ1v) is 7.83. The number of rotatable bonds is 3. The number of fused-ring (bicyclic) bond motifs is 1. The number of pyridine rings is 1. The summed E-state index contributed by atoms with van der Waals surface area (Å²) in [5.74, 6) is 0.328. The zero-order chi connectivity index (χ0) is 14.3. The Morgan fingerprint density at radius 1 is 1.29 bits per heavy atom. The Labute approximate surface area is 124 Å². The first-order valence-electron chi connectivity index (χ1n) is 7.83. The molecule has 0 unspecified atom stereocenters. The van der Waals surface area contributed by atoms with Gasteiger partial charge >= 0.3 is 5.97 Å². The van der Waals surface area contributed by atoms with Gasteiger partial charge in [-0.2, -0.15) is 0 Å². The van der Waals surface area contributed by atoms with Gasteiger partial charge in [-0.1, -0.05) is 0 Å². The average Bonchev–Trinajstić information content (AvgIpc) is 3.10. The smallest absolute Gasteiger partial charge is 0.339 e. The van der Waals surface area contributed by atoms with Crippen LogP contribution in [0.5, 0.6) is 0 Å². The molecule has 2 aromatic rings. The molecule has 21 heavy (non-hydrogen) atoms. The molecule has 0 N–H and O–H groups in total. The zero-order valence-electron chi connectivity index (χ0n) is 12.1. The van der Waals surface area contributed by atoms with Crippen molar-refractivity contribution in [1.82, 2.24) is 9.38 Å². The van der Waals surface area contributed by atoms with Crippen LogP contribution in [0, 0.1) is 11.3 Å². The van der Waals surface area contributed by atoms with Gasteiger partial charge in [0.25, 0.3) is 0 Å². The Kier molecular flexibility index (Phi) is 2.98. The molecule has 2 aliphatic carbocycles. The van der Waals surface area contributed by atoms with E-state index in [2.05, 4.69) is 4.98 Å². The first-order chi connectivity index (χ1) is 10.2. The van der Waals surface area contributed by atoms with Crippen molar-refractivity contribution in [2.45, 2.75) is 38.5 Å². The quantitative estimate of drug-likeness (QED) is 0.811. The predicted octanol–water partition coefficient (Wildman–Crippen LogP) is 3.46. The van der Waals surface area contributed by atoms with Crippen LogP contribution in [0.25, 0.3) is 5.52 Å². The molecular weight excluding hydrogens is 264 g/mol. The third-order valence-electron chi connectivity index (χ3n) is 5.22. The number of carbonyl (C=O) groups excluding carboxylic acids is 1. The highest BCUT2D eigenvalue weighted by atomic mass is 16.5. The lowest BCUT2D eigenvalue weighted by Gasteiger charge is -2.27. The van der Waals surface area contributed by atoms with E-state index in [1.165, 1.54) is 38.5 Å². The van der Waals surface area contributed by atoms with Crippen LogP contribution < -0.4 is 0 Å². The van der Waals surface area contributed by atoms with Crippen molar-refractivity contribution < 1.29 is 9.53 Å². The largest absolute Gasteiger partial charge is 0.462 e. The molecule has 0 aromatic carbocycles. The molecule has 1 spiro atoms. The predicted molar refractivity (Wildman–Crippen MR) is 79.1 cm³/mol. The summed E-state index contributed by atoms with van der Waals surface area (Å²) in [5, 5.41) is 0. The van der Waals surface area contributed by atoms with Gasteiger partial charge in [0.2, 0.25) is 0 Å². The summed E-state index contributed by atoms with van der Waals surface area (Å²) < 4.78 is 7.35. The Hall–Kier alpha value is -1.84. The van der Waals surface area contributed by atoms with Crippen LogP contribution in [0.1, 0.15) is 48.9 Å². The lowest BCUT2D eigenvalue weighted by atomic mass is 9.80. The molecule has 0 radical (unpaired) electrons. The second-order valence-corrected chi connectivity index (χ2v) is 6.69. The van der Waals surface area contributed by atoms with Crippen LogP contribution >= 0.6 is 0 Å². The number of ether oxygens (including phenoxy) is 1. The summed E-state index contributed by atoms with van der Waals surface area (Å²) >= 11 is 0. The average molecular weight is 284 g/mol. The van der Waals surface area contributed by atoms with Crippen LogP contribution in [0.3, 0.4) is 0 Å². The van der Waals surface area contributed by atoms with Gasteiger partial charge in [-0.15, -0.1) is 0 Å². The Bertz CT molecular complexity index is 662. The van der Waals surface area contributed by atoms with Gasteiger partial charge in [0.05, 0.1) is 30.2 Å². The molecule has 2 aromatic heterocycles. The van der Waals surface area contributed by atoms with Gasteiger partial charge in [0.15, 0.2) is 0 Å². The van der Waals surface area contributed by atoms with E-state index in [0.29, 0.717) is 23.5 Å². The molecule has 0 atom stereocenters. The summed E-state index contributed by atoms with van der Waals surface area (Å²) in [6.07, 6.45) is 13.2. The number of nitrogens with zero attached hydrogens (tertiary/aromatic N) is 2. The van der Waals surface area contributed by atoms with E-state index in [4.69, 9.17) is 4.74 Å². The normalized spacial score (nSPS) is 20.8. The number of esters is 1. The van der Waals surface area contributed by atoms with E-state index in [0.717, 1.165) is 5.52 Å². The molecule has 0 saturated heterocycles. The maximum atomic E-state index is 12.1. The molecule has 4 rings (SSSR count). The van der Waals surface area contributed by atoms with Gasteiger partial charge in [0, 0.05) is 6.20 Å². The number of carbonyl (C=O) groups is 1. The van der Waals surface area contributed by atoms with Crippen molar-refractivity contribution in [3.8, 4) is 0 Å². The van der Waals surface area contributed by atoms with Gasteiger partial charge in [-0.05, 0) is 62.0 Å². The SMILES string of the molecule is O=C(OCC1CCC2(CC1)CC2)c1ccc2cncn2c1. The van der Waals surface area contributed by atoms with E-state index in [9.17, 15) is 4.79 Å². The van der Waals surface area contributed by atoms with E-state index in [1.807, 2.05) is 10.5 Å². The van der Waals surface area contributed by atoms with Crippen molar-refractivity contribution in [2.24, 2.45) is 11.3 Å². The fourth-order valence-electron chi connectivity index (χ4n) is 3.45. The van der Waals surface area contributed by atoms with E-state index < -0.39 is 0 Å². The summed E-state index contributed by atoms with van der Waals surface area (Å²) in [5.41, 5.74) is 2.27. The first kappa shape index (κ1) is 12.9. The summed E-state index contributed by atoms with van der Waals surface area (Å²) in [6, 6.07) is 3.69. The molecule has 0 aliphatic heterocycles. The summed E-state index contributed by atoms with van der Waals surface area (Å²) in [4.78, 5) is 16.2. The molecule has 0 bridgehead atoms. The van der Waals surface area contributed by atoms with Crippen LogP contribution in [-0.2, 0) is 4.74 Å². The second kappa shape index (κ2) is 4.86. The van der Waals surface area contributed by atoms with Crippen molar-refractivity contribution in [1.29, 1.82) is 0 Å². The van der Waals surface area contributed by atoms with E-state index >= 15 is 0 Å². The molecule has 4 nitrogen and oxygen atoms in total. The topological polar surface area (TPSA) is 43.6 Å². The standard InChI is InChI=1S/C17H20N2O2/c20-16(14-1-2-15-9-18-12-19(15)10-14)21-11-13-3-5-17(6-4-13)7-8-17/h1-2,9-10,12-13H,3-8,11H2. The van der Waals surface area contributed by atoms with Crippen LogP contribution in [0.4, 0.5) is 0 Å². The van der Waals surface area contributed by atoms with E-state index in [-0.39, 0.29) is 5.97 Å². The minimum absolute atomic E-state index is 0.225. The van der Waals surface area contributed by atoms with Gasteiger partial charge < -0.3 is 9.14 Å². The molecule has 110 valence electrons. The summed E-state index contributed by atoms with van der Waals surface area (Å²) in [6.45, 7) is 0.566. The highest BCUT2D eigenvalue weighted by molar-refractivity contribution is 5.89. The number of hydrogen-bond acceptors (Lipinski definition) is 3. The van der Waals surface area contributed by atoms with Crippen molar-refractivity contribution >= 4 is 11.5 Å². The highest BCUT2D eigenvalue weighted by Gasteiger charge is 2.44. The monoisotopic (exact) mass is 284 g/mol. The van der Waals surface area contributed by atoms with Gasteiger partial charge in [-0.25, -0.2) is 9.78 Å². The maximum Gasteiger partial charge on any atom is 0.339 e. The third-order valence-corrected chi connectivity index (χ3v) is 5.22. The molecule has 2 saturated carbocycles. The van der Waals surface area contributed by atoms with Crippen molar-refractivity contribution in [3.63, 3.8) is 0 Å². The third kappa shape index (κ3) is 2.55. The number of imidazole rings is 1. The molecule has 2 fully saturated rings. The van der Waals surface area contributed by atoms with E-state index in [1.54, 1.807) is 24.8 Å². The Balaban J connectivity index is 1.34. The van der Waals surface area contributed by atoms with Crippen LogP contribution in [-0.4, -0.2) is 22.0 Å². The van der Waals surface area contributed by atoms with Crippen LogP contribution in [0.2, 0.25) is 0 Å². The highest BCUT2D eigenvalue weighted by Crippen LogP contribution is 2.57. The fraction of sp³-hybridized carbons (Fsp3) is 0.529. The summed E-state index contributed by atoms with van der Waals surface area (Å²) in [7, 11) is 0. The molecule has 0 amide bonds. The Morgan fingerprint density at radius 3 is 2.86 bits per heavy atom. The lowest BCUT2D eigenvalue weighted by molar-refractivity contribution is 0.0389. The lowest BCUT2D eigenvalue weighted by Crippen LogP contribution is -2.21. The van der Waals surface area contributed by atoms with Gasteiger partial charge in [-0.3, -0.25) is 0 Å². The maximum absolute atomic E-state index is 12.1. The van der Waals surface area contributed by atoms with Gasteiger partial charge in [0.1, 0.15) is 0 Å². The number of hydrogen-bond donors (Lipinski definition) is 0. The Morgan fingerprint density at radius 2 is 2.10 bits per heavy atom. The molecule has 4 heteroatoms. The second-order valence-electron chi connectivity index (χ2n) is 6.69. The molecular formula is C17H20N2O2. The minimum atomic E-state index is -0.225. The zero-order valence-corrected chi connectivity index (χ0v) is 12.1. The number of aromatic nitrogens is 2. The van der Waals surface area contributed by atoms with Crippen molar-refractivity contribution in [2.75, 3.05) is 6.61 Å². The minimum Gasteiger partial charge on any atom is -0.462 e. The molecule has 2 heterocycles. The molecule has 2 aliphatic rings. The fourth-order valence-corrected chi connectivity index (χ4v) is 3.45. The van der Waals surface area contributed by atoms with Crippen molar-refractivity contribution in [3.05, 3.63) is 36.4 Å². The van der Waals surface area contributed by atoms with Crippen LogP contribution in [0.15, 0.2) is 30.9 Å².